The minimum atomic E-state index is -1.36. The lowest BCUT2D eigenvalue weighted by molar-refractivity contribution is -0.970. The first-order valence-electron chi connectivity index (χ1n) is 15.9. The number of unbranched alkanes of at least 4 members (excludes halogenated alkanes) is 12. The van der Waals surface area contributed by atoms with Gasteiger partial charge in [-0.2, -0.15) is 0 Å². The maximum atomic E-state index is 12.5. The summed E-state index contributed by atoms with van der Waals surface area (Å²) in [5.41, 5.74) is 0. The highest BCUT2D eigenvalue weighted by atomic mass is 16.4. The average Bonchev–Trinajstić information content (AvgIpc) is 2.89. The molecule has 0 aliphatic carbocycles. The van der Waals surface area contributed by atoms with Crippen LogP contribution in [0.15, 0.2) is 12.2 Å². The van der Waals surface area contributed by atoms with Crippen LogP contribution < -0.4 is 5.11 Å². The fourth-order valence-corrected chi connectivity index (χ4v) is 6.03. The van der Waals surface area contributed by atoms with Crippen LogP contribution in [0.3, 0.4) is 0 Å². The zero-order valence-corrected chi connectivity index (χ0v) is 25.5. The summed E-state index contributed by atoms with van der Waals surface area (Å²) in [6.07, 6.45) is 22.0. The van der Waals surface area contributed by atoms with Crippen molar-refractivity contribution in [3.8, 4) is 0 Å². The Bertz CT molecular complexity index is 632. The summed E-state index contributed by atoms with van der Waals surface area (Å²) < 4.78 is -0.516. The van der Waals surface area contributed by atoms with Crippen LogP contribution in [-0.4, -0.2) is 57.3 Å². The van der Waals surface area contributed by atoms with Crippen molar-refractivity contribution in [2.45, 2.75) is 168 Å². The van der Waals surface area contributed by atoms with Crippen molar-refractivity contribution in [3.63, 3.8) is 0 Å². The zero-order chi connectivity index (χ0) is 29.5. The van der Waals surface area contributed by atoms with E-state index in [1.807, 2.05) is 32.9 Å². The molecule has 0 radical (unpaired) electrons. The van der Waals surface area contributed by atoms with Gasteiger partial charge in [-0.15, -0.1) is 0 Å². The molecule has 0 amide bonds. The quantitative estimate of drug-likeness (QED) is 0.0651. The summed E-state index contributed by atoms with van der Waals surface area (Å²) in [6, 6.07) is -3.46. The summed E-state index contributed by atoms with van der Waals surface area (Å²) in [6.45, 7) is 7.83. The summed E-state index contributed by atoms with van der Waals surface area (Å²) in [4.78, 5) is 37.4. The van der Waals surface area contributed by atoms with Crippen LogP contribution in [0.4, 0.5) is 0 Å². The molecular formula is C32H59NO6. The summed E-state index contributed by atoms with van der Waals surface area (Å²) in [7, 11) is 0. The number of rotatable bonds is 27. The Morgan fingerprint density at radius 2 is 0.974 bits per heavy atom. The highest BCUT2D eigenvalue weighted by Crippen LogP contribution is 2.33. The molecule has 0 bridgehead atoms. The molecule has 7 heteroatoms. The first kappa shape index (κ1) is 37.1. The summed E-state index contributed by atoms with van der Waals surface area (Å²) in [5, 5.41) is 32.9. The molecule has 0 aromatic carbocycles. The van der Waals surface area contributed by atoms with Gasteiger partial charge in [-0.05, 0) is 31.8 Å². The Hall–Kier alpha value is -1.89. The molecule has 0 rings (SSSR count). The smallest absolute Gasteiger partial charge is 0.362 e. The van der Waals surface area contributed by atoms with E-state index >= 15 is 0 Å². The molecule has 7 nitrogen and oxygen atoms in total. The molecule has 0 aliphatic rings. The standard InChI is InChI=1S/C32H59NO6/c1-5-9-10-11-12-13-14-15-16-17-18-19-20-21-22-26-33(27(23-6-2)30(34)35,28(24-7-3)31(36)37)29(25-8-4)32(38)39/h21-22,27-29H,5-20,23-26H2,1-4H3,(H2-,34,35,36,37,38,39)/b22-21+. The van der Waals surface area contributed by atoms with Gasteiger partial charge in [0.15, 0.2) is 12.1 Å². The number of carbonyl (C=O) groups excluding carboxylic acids is 1. The van der Waals surface area contributed by atoms with Gasteiger partial charge in [0.1, 0.15) is 6.04 Å². The number of quaternary nitrogens is 1. The van der Waals surface area contributed by atoms with E-state index < -0.39 is 40.5 Å². The van der Waals surface area contributed by atoms with Crippen molar-refractivity contribution < 1.29 is 34.2 Å². The van der Waals surface area contributed by atoms with E-state index in [4.69, 9.17) is 0 Å². The van der Waals surface area contributed by atoms with Crippen molar-refractivity contribution in [2.75, 3.05) is 6.54 Å². The molecule has 0 aromatic heterocycles. The normalized spacial score (nSPS) is 15.6. The van der Waals surface area contributed by atoms with Gasteiger partial charge in [0.25, 0.3) is 0 Å². The highest BCUT2D eigenvalue weighted by molar-refractivity contribution is 5.77. The molecule has 0 saturated carbocycles. The molecular weight excluding hydrogens is 494 g/mol. The maximum absolute atomic E-state index is 12.5. The number of aliphatic carboxylic acids is 3. The molecule has 3 unspecified atom stereocenters. The third-order valence-electron chi connectivity index (χ3n) is 8.08. The van der Waals surface area contributed by atoms with E-state index in [2.05, 4.69) is 6.92 Å². The van der Waals surface area contributed by atoms with Gasteiger partial charge >= 0.3 is 11.9 Å². The highest BCUT2D eigenvalue weighted by Gasteiger charge is 2.54. The van der Waals surface area contributed by atoms with Crippen LogP contribution in [0.2, 0.25) is 0 Å². The molecule has 0 spiro atoms. The van der Waals surface area contributed by atoms with Crippen molar-refractivity contribution >= 4 is 17.9 Å². The predicted molar refractivity (Wildman–Crippen MR) is 156 cm³/mol. The second-order valence-corrected chi connectivity index (χ2v) is 11.2. The van der Waals surface area contributed by atoms with Gasteiger partial charge in [0, 0.05) is 19.3 Å². The van der Waals surface area contributed by atoms with E-state index in [-0.39, 0.29) is 25.8 Å². The van der Waals surface area contributed by atoms with Crippen molar-refractivity contribution in [2.24, 2.45) is 0 Å². The molecule has 3 atom stereocenters. The number of hydrogen-bond donors (Lipinski definition) is 2. The van der Waals surface area contributed by atoms with E-state index in [0.717, 1.165) is 19.3 Å². The molecule has 0 aromatic rings. The third-order valence-corrected chi connectivity index (χ3v) is 8.08. The zero-order valence-electron chi connectivity index (χ0n) is 25.5. The lowest BCUT2D eigenvalue weighted by Crippen LogP contribution is -2.73. The van der Waals surface area contributed by atoms with Crippen molar-refractivity contribution in [3.05, 3.63) is 12.2 Å². The van der Waals surface area contributed by atoms with Gasteiger partial charge in [0.2, 0.25) is 0 Å². The first-order valence-corrected chi connectivity index (χ1v) is 15.9. The van der Waals surface area contributed by atoms with Crippen LogP contribution in [0.1, 0.15) is 150 Å². The topological polar surface area (TPSA) is 115 Å². The Morgan fingerprint density at radius 1 is 0.590 bits per heavy atom. The Morgan fingerprint density at radius 3 is 1.33 bits per heavy atom. The molecule has 0 saturated heterocycles. The third kappa shape index (κ3) is 13.8. The number of carboxylic acid groups (broad SMARTS) is 3. The minimum Gasteiger partial charge on any atom is -0.544 e. The number of nitrogens with zero attached hydrogens (tertiary/aromatic N) is 1. The summed E-state index contributed by atoms with van der Waals surface area (Å²) >= 11 is 0. The Balaban J connectivity index is 5.33. The van der Waals surface area contributed by atoms with E-state index in [0.29, 0.717) is 19.3 Å². The molecule has 0 aliphatic heterocycles. The number of hydrogen-bond acceptors (Lipinski definition) is 4. The van der Waals surface area contributed by atoms with Crippen LogP contribution >= 0.6 is 0 Å². The fourth-order valence-electron chi connectivity index (χ4n) is 6.03. The van der Waals surface area contributed by atoms with Crippen LogP contribution in [-0.2, 0) is 14.4 Å². The van der Waals surface area contributed by atoms with Gasteiger partial charge in [0.05, 0.1) is 12.5 Å². The van der Waals surface area contributed by atoms with Gasteiger partial charge in [-0.3, -0.25) is 4.48 Å². The fraction of sp³-hybridized carbons (Fsp3) is 0.844. The predicted octanol–water partition coefficient (Wildman–Crippen LogP) is 6.88. The molecule has 2 N–H and O–H groups in total. The molecule has 39 heavy (non-hydrogen) atoms. The molecule has 228 valence electrons. The Kier molecular flexibility index (Phi) is 21.8. The van der Waals surface area contributed by atoms with E-state index in [1.54, 1.807) is 0 Å². The van der Waals surface area contributed by atoms with E-state index in [1.165, 1.54) is 64.2 Å². The van der Waals surface area contributed by atoms with Gasteiger partial charge in [-0.25, -0.2) is 9.59 Å². The van der Waals surface area contributed by atoms with Crippen molar-refractivity contribution in [1.82, 2.24) is 0 Å². The average molecular weight is 554 g/mol. The second kappa shape index (κ2) is 22.9. The molecule has 0 fully saturated rings. The number of carbonyl (C=O) groups is 3. The first-order chi connectivity index (χ1) is 18.7. The monoisotopic (exact) mass is 553 g/mol. The van der Waals surface area contributed by atoms with Gasteiger partial charge < -0.3 is 20.1 Å². The lowest BCUT2D eigenvalue weighted by Gasteiger charge is -2.51. The number of carboxylic acids is 3. The van der Waals surface area contributed by atoms with Crippen LogP contribution in [0.5, 0.6) is 0 Å². The van der Waals surface area contributed by atoms with E-state index in [9.17, 15) is 29.7 Å². The SMILES string of the molecule is CCCCCCCCCCCCCC/C=C/C[N+](C(CCC)C(=O)[O-])(C(CCC)C(=O)O)C(CCC)C(=O)O. The number of allylic oxidation sites excluding steroid dienone is 1. The van der Waals surface area contributed by atoms with Crippen LogP contribution in [0, 0.1) is 0 Å². The minimum absolute atomic E-state index is 0.0604. The van der Waals surface area contributed by atoms with Crippen LogP contribution in [0.25, 0.3) is 0 Å². The summed E-state index contributed by atoms with van der Waals surface area (Å²) in [5.74, 6) is -3.65. The maximum Gasteiger partial charge on any atom is 0.362 e. The van der Waals surface area contributed by atoms with Crippen molar-refractivity contribution in [1.29, 1.82) is 0 Å². The molecule has 0 heterocycles. The second-order valence-electron chi connectivity index (χ2n) is 11.2. The Labute approximate surface area is 238 Å². The largest absolute Gasteiger partial charge is 0.544 e. The van der Waals surface area contributed by atoms with Gasteiger partial charge in [-0.1, -0.05) is 111 Å². The lowest BCUT2D eigenvalue weighted by atomic mass is 9.92.